The smallest absolute Gasteiger partial charge is 0.119 e. The fraction of sp³-hybridized carbons (Fsp3) is 0.474. The fourth-order valence-electron chi connectivity index (χ4n) is 3.38. The van der Waals surface area contributed by atoms with Gasteiger partial charge in [0.2, 0.25) is 0 Å². The van der Waals surface area contributed by atoms with Crippen LogP contribution in [0.15, 0.2) is 30.6 Å². The minimum Gasteiger partial charge on any atom is -0.491 e. The molecule has 4 rings (SSSR count). The minimum absolute atomic E-state index is 0.242. The van der Waals surface area contributed by atoms with Crippen molar-refractivity contribution in [2.75, 3.05) is 19.7 Å². The van der Waals surface area contributed by atoms with Crippen LogP contribution in [0.1, 0.15) is 35.8 Å². The summed E-state index contributed by atoms with van der Waals surface area (Å²) in [6.45, 7) is 2.56. The van der Waals surface area contributed by atoms with Gasteiger partial charge in [0.25, 0.3) is 0 Å². The summed E-state index contributed by atoms with van der Waals surface area (Å²) in [5, 5.41) is 19.1. The number of hydrogen-bond donors (Lipinski definition) is 1. The molecule has 1 aromatic carbocycles. The molecular weight excluding hydrogens is 316 g/mol. The van der Waals surface area contributed by atoms with Crippen molar-refractivity contribution in [1.82, 2.24) is 14.5 Å². The molecule has 6 heteroatoms. The lowest BCUT2D eigenvalue weighted by atomic mass is 10.1. The van der Waals surface area contributed by atoms with Crippen LogP contribution in [0.3, 0.4) is 0 Å². The second kappa shape index (κ2) is 6.87. The number of ether oxygens (including phenoxy) is 1. The van der Waals surface area contributed by atoms with Crippen molar-refractivity contribution in [2.24, 2.45) is 0 Å². The minimum atomic E-state index is -0.553. The van der Waals surface area contributed by atoms with Gasteiger partial charge in [-0.25, -0.2) is 4.98 Å². The van der Waals surface area contributed by atoms with Crippen LogP contribution >= 0.6 is 0 Å². The molecule has 1 aromatic heterocycles. The Bertz CT molecular complexity index is 774. The van der Waals surface area contributed by atoms with Gasteiger partial charge >= 0.3 is 0 Å². The van der Waals surface area contributed by atoms with E-state index in [1.807, 2.05) is 6.33 Å². The highest BCUT2D eigenvalue weighted by Crippen LogP contribution is 2.37. The van der Waals surface area contributed by atoms with Crippen molar-refractivity contribution in [1.29, 1.82) is 5.26 Å². The van der Waals surface area contributed by atoms with E-state index in [1.165, 1.54) is 18.5 Å². The summed E-state index contributed by atoms with van der Waals surface area (Å²) >= 11 is 0. The Hall–Kier alpha value is -2.36. The van der Waals surface area contributed by atoms with E-state index in [2.05, 4.69) is 20.5 Å². The van der Waals surface area contributed by atoms with Crippen molar-refractivity contribution in [2.45, 2.75) is 38.0 Å². The van der Waals surface area contributed by atoms with E-state index in [4.69, 9.17) is 10.00 Å². The summed E-state index contributed by atoms with van der Waals surface area (Å²) in [7, 11) is 0. The molecular formula is C19H22N4O2. The number of rotatable bonds is 6. The number of nitrogens with zero attached hydrogens (tertiary/aromatic N) is 4. The average Bonchev–Trinajstić information content (AvgIpc) is 3.40. The van der Waals surface area contributed by atoms with Gasteiger partial charge in [0.05, 0.1) is 23.7 Å². The van der Waals surface area contributed by atoms with Crippen LogP contribution in [0, 0.1) is 11.3 Å². The SMILES string of the molecule is N#Cc1ccc(OCC(O)CN2CCc3c(ncn3C3CC3)C2)cc1. The number of aliphatic hydroxyl groups excluding tert-OH is 1. The summed E-state index contributed by atoms with van der Waals surface area (Å²) in [5.41, 5.74) is 3.13. The zero-order valence-corrected chi connectivity index (χ0v) is 14.1. The first kappa shape index (κ1) is 16.1. The van der Waals surface area contributed by atoms with Gasteiger partial charge < -0.3 is 14.4 Å². The molecule has 0 saturated heterocycles. The molecule has 1 unspecified atom stereocenters. The molecule has 0 radical (unpaired) electrons. The summed E-state index contributed by atoms with van der Waals surface area (Å²) in [5.74, 6) is 0.669. The van der Waals surface area contributed by atoms with E-state index in [-0.39, 0.29) is 6.61 Å². The Labute approximate surface area is 147 Å². The maximum atomic E-state index is 10.3. The lowest BCUT2D eigenvalue weighted by molar-refractivity contribution is 0.0630. The summed E-state index contributed by atoms with van der Waals surface area (Å²) in [6.07, 6.45) is 4.98. The Balaban J connectivity index is 1.27. The van der Waals surface area contributed by atoms with Gasteiger partial charge in [-0.15, -0.1) is 0 Å². The first-order valence-electron chi connectivity index (χ1n) is 8.81. The zero-order valence-electron chi connectivity index (χ0n) is 14.1. The second-order valence-corrected chi connectivity index (χ2v) is 6.86. The molecule has 1 atom stereocenters. The third-order valence-electron chi connectivity index (χ3n) is 4.86. The normalized spacial score (nSPS) is 18.4. The largest absolute Gasteiger partial charge is 0.491 e. The van der Waals surface area contributed by atoms with Crippen LogP contribution in [0.5, 0.6) is 5.75 Å². The van der Waals surface area contributed by atoms with Crippen molar-refractivity contribution >= 4 is 0 Å². The standard InChI is InChI=1S/C19H22N4O2/c20-9-14-1-5-17(6-2-14)25-12-16(24)10-22-8-7-19-18(11-22)21-13-23(19)15-3-4-15/h1-2,5-6,13,15-16,24H,3-4,7-8,10-12H2. The first-order chi connectivity index (χ1) is 12.2. The van der Waals surface area contributed by atoms with Crippen LogP contribution in [-0.2, 0) is 13.0 Å². The molecule has 1 fully saturated rings. The molecule has 1 N–H and O–H groups in total. The maximum absolute atomic E-state index is 10.3. The number of aromatic nitrogens is 2. The molecule has 0 spiro atoms. The number of aliphatic hydroxyl groups is 1. The van der Waals surface area contributed by atoms with Gasteiger partial charge in [-0.05, 0) is 37.1 Å². The predicted octanol–water partition coefficient (Wildman–Crippen LogP) is 1.89. The van der Waals surface area contributed by atoms with Crippen molar-refractivity contribution < 1.29 is 9.84 Å². The van der Waals surface area contributed by atoms with Crippen LogP contribution < -0.4 is 4.74 Å². The summed E-state index contributed by atoms with van der Waals surface area (Å²) in [6, 6.07) is 9.68. The second-order valence-electron chi connectivity index (χ2n) is 6.86. The summed E-state index contributed by atoms with van der Waals surface area (Å²) in [4.78, 5) is 6.80. The molecule has 2 aromatic rings. The molecule has 1 aliphatic carbocycles. The van der Waals surface area contributed by atoms with E-state index < -0.39 is 6.10 Å². The molecule has 0 bridgehead atoms. The van der Waals surface area contributed by atoms with E-state index in [0.29, 0.717) is 23.9 Å². The molecule has 25 heavy (non-hydrogen) atoms. The van der Waals surface area contributed by atoms with Crippen molar-refractivity contribution in [3.05, 3.63) is 47.5 Å². The molecule has 1 aliphatic heterocycles. The monoisotopic (exact) mass is 338 g/mol. The van der Waals surface area contributed by atoms with Gasteiger partial charge in [0.15, 0.2) is 0 Å². The van der Waals surface area contributed by atoms with Crippen LogP contribution in [-0.4, -0.2) is 45.4 Å². The van der Waals surface area contributed by atoms with E-state index in [1.54, 1.807) is 24.3 Å². The van der Waals surface area contributed by atoms with Gasteiger partial charge in [-0.1, -0.05) is 0 Å². The van der Waals surface area contributed by atoms with E-state index in [0.717, 1.165) is 25.2 Å². The highest BCUT2D eigenvalue weighted by molar-refractivity contribution is 5.34. The van der Waals surface area contributed by atoms with E-state index in [9.17, 15) is 5.11 Å². The molecule has 2 heterocycles. The van der Waals surface area contributed by atoms with Crippen LogP contribution in [0.25, 0.3) is 0 Å². The quantitative estimate of drug-likeness (QED) is 0.870. The van der Waals surface area contributed by atoms with Gasteiger partial charge in [0.1, 0.15) is 18.5 Å². The van der Waals surface area contributed by atoms with Crippen LogP contribution in [0.4, 0.5) is 0 Å². The Morgan fingerprint density at radius 2 is 2.12 bits per heavy atom. The maximum Gasteiger partial charge on any atom is 0.119 e. The highest BCUT2D eigenvalue weighted by atomic mass is 16.5. The molecule has 130 valence electrons. The van der Waals surface area contributed by atoms with Crippen LogP contribution in [0.2, 0.25) is 0 Å². The van der Waals surface area contributed by atoms with Gasteiger partial charge in [-0.2, -0.15) is 5.26 Å². The Morgan fingerprint density at radius 1 is 1.32 bits per heavy atom. The molecule has 1 saturated carbocycles. The number of nitriles is 1. The predicted molar refractivity (Wildman–Crippen MR) is 92.1 cm³/mol. The van der Waals surface area contributed by atoms with E-state index >= 15 is 0 Å². The average molecular weight is 338 g/mol. The zero-order chi connectivity index (χ0) is 17.2. The number of fused-ring (bicyclic) bond motifs is 1. The lowest BCUT2D eigenvalue weighted by Gasteiger charge is -2.28. The Morgan fingerprint density at radius 3 is 2.84 bits per heavy atom. The summed E-state index contributed by atoms with van der Waals surface area (Å²) < 4.78 is 7.96. The van der Waals surface area contributed by atoms with Crippen molar-refractivity contribution in [3.63, 3.8) is 0 Å². The fourth-order valence-corrected chi connectivity index (χ4v) is 3.38. The third kappa shape index (κ3) is 3.68. The third-order valence-corrected chi connectivity index (χ3v) is 4.86. The highest BCUT2D eigenvalue weighted by Gasteiger charge is 2.29. The van der Waals surface area contributed by atoms with Gasteiger partial charge in [0, 0.05) is 37.8 Å². The molecule has 6 nitrogen and oxygen atoms in total. The van der Waals surface area contributed by atoms with Crippen molar-refractivity contribution in [3.8, 4) is 11.8 Å². The first-order valence-corrected chi connectivity index (χ1v) is 8.81. The van der Waals surface area contributed by atoms with Gasteiger partial charge in [-0.3, -0.25) is 4.90 Å². The topological polar surface area (TPSA) is 74.3 Å². The number of benzene rings is 1. The molecule has 2 aliphatic rings. The number of β-amino-alcohol motifs (C(OH)–C–C–N with tert-alkyl or cyclic N) is 1. The lowest BCUT2D eigenvalue weighted by Crippen LogP contribution is -2.39. The number of imidazole rings is 1. The Kier molecular flexibility index (Phi) is 4.43. The molecule has 0 amide bonds. The number of hydrogen-bond acceptors (Lipinski definition) is 5.